The number of amides is 2. The van der Waals surface area contributed by atoms with Crippen LogP contribution < -0.4 is 15.4 Å². The first-order chi connectivity index (χ1) is 21.8. The zero-order valence-electron chi connectivity index (χ0n) is 26.4. The number of hydrogen-bond donors (Lipinski definition) is 0. The van der Waals surface area contributed by atoms with E-state index in [1.54, 1.807) is 36.4 Å². The summed E-state index contributed by atoms with van der Waals surface area (Å²) >= 11 is 1.87. The maximum absolute atomic E-state index is 13.8. The Balaban J connectivity index is 1.24. The minimum atomic E-state index is -0.452. The lowest BCUT2D eigenvalue weighted by atomic mass is 9.90. The minimum Gasteiger partial charge on any atom is -0.354 e. The third kappa shape index (κ3) is 5.84. The fourth-order valence-electron chi connectivity index (χ4n) is 6.70. The van der Waals surface area contributed by atoms with Crippen LogP contribution in [0.1, 0.15) is 94.3 Å². The lowest BCUT2D eigenvalue weighted by molar-refractivity contribution is -0.539. The molecule has 4 heterocycles. The Morgan fingerprint density at radius 1 is 0.689 bits per heavy atom. The van der Waals surface area contributed by atoms with Crippen molar-refractivity contribution in [2.24, 2.45) is 0 Å². The van der Waals surface area contributed by atoms with Crippen LogP contribution in [0.25, 0.3) is 21.5 Å². The number of unbranched alkanes of at least 4 members (excludes halogenated alkanes) is 6. The Hall–Kier alpha value is -4.17. The van der Waals surface area contributed by atoms with Crippen molar-refractivity contribution < 1.29 is 13.8 Å². The van der Waals surface area contributed by atoms with E-state index in [-0.39, 0.29) is 11.8 Å². The standard InChI is InChI=1S/C37H40N3O4S/c1-4-5-6-11-20-39-34(41)28-13-15-30-33-31(16-14-29(32(28)33)35(39)42)37(44)40(36(30)43)27-17-21-38(22-18-27)19-10-8-7-9-12-26-23-24(2)45-25(26)3/h13-18,21-23H,4-12,19-20H2,1-3H3/q+1. The van der Waals surface area contributed by atoms with E-state index in [2.05, 4.69) is 31.4 Å². The van der Waals surface area contributed by atoms with Crippen LogP contribution in [0.4, 0.5) is 0 Å². The van der Waals surface area contributed by atoms with E-state index in [9.17, 15) is 19.2 Å². The number of hydrogen-bond acceptors (Lipinski definition) is 5. The second kappa shape index (κ2) is 13.1. The largest absolute Gasteiger partial charge is 0.429 e. The number of nitrogens with zero attached hydrogens (tertiary/aromatic N) is 3. The molecule has 0 spiro atoms. The average Bonchev–Trinajstić information content (AvgIpc) is 3.36. The SMILES string of the molecule is CCCCCCN1C(=O)c2ccc3c(=O)[n+](=c4ccn(CCCCCCc5cc(C)sc5C)cc4)c(=O)c4ccc(c2c34)C1=O. The molecule has 7 nitrogen and oxygen atoms in total. The zero-order valence-corrected chi connectivity index (χ0v) is 27.2. The smallest absolute Gasteiger partial charge is 0.354 e. The molecule has 0 aliphatic carbocycles. The molecule has 1 aliphatic rings. The van der Waals surface area contributed by atoms with Crippen LogP contribution in [0.3, 0.4) is 0 Å². The summed E-state index contributed by atoms with van der Waals surface area (Å²) in [6.45, 7) is 7.71. The molecule has 0 bridgehead atoms. The second-order valence-electron chi connectivity index (χ2n) is 12.2. The van der Waals surface area contributed by atoms with E-state index in [0.717, 1.165) is 51.5 Å². The first-order valence-electron chi connectivity index (χ1n) is 16.2. The van der Waals surface area contributed by atoms with Gasteiger partial charge in [-0.2, -0.15) is 0 Å². The molecule has 6 rings (SSSR count). The molecule has 0 saturated carbocycles. The van der Waals surface area contributed by atoms with Gasteiger partial charge in [-0.15, -0.1) is 11.3 Å². The Labute approximate surface area is 266 Å². The first kappa shape index (κ1) is 30.8. The Bertz CT molecular complexity index is 2030. The fraction of sp³-hybridized carbons (Fsp3) is 0.378. The van der Waals surface area contributed by atoms with Gasteiger partial charge in [0.15, 0.2) is 0 Å². The first-order valence-corrected chi connectivity index (χ1v) is 17.0. The van der Waals surface area contributed by atoms with Crippen molar-refractivity contribution in [1.82, 2.24) is 9.47 Å². The van der Waals surface area contributed by atoms with Gasteiger partial charge in [-0.3, -0.25) is 14.5 Å². The number of benzene rings is 2. The topological polar surface area (TPSA) is 82.3 Å². The molecule has 0 fully saturated rings. The summed E-state index contributed by atoms with van der Waals surface area (Å²) in [5, 5.41) is 1.96. The summed E-state index contributed by atoms with van der Waals surface area (Å²) in [5.74, 6) is -0.731. The number of rotatable bonds is 12. The molecule has 8 heteroatoms. The van der Waals surface area contributed by atoms with Gasteiger partial charge in [0.05, 0.1) is 0 Å². The normalized spacial score (nSPS) is 13.1. The summed E-state index contributed by atoms with van der Waals surface area (Å²) in [4.78, 5) is 58.5. The molecule has 0 N–H and O–H groups in total. The Morgan fingerprint density at radius 3 is 1.89 bits per heavy atom. The van der Waals surface area contributed by atoms with E-state index in [4.69, 9.17) is 0 Å². The fourth-order valence-corrected chi connectivity index (χ4v) is 7.68. The summed E-state index contributed by atoms with van der Waals surface area (Å²) < 4.78 is 3.28. The molecule has 1 aliphatic heterocycles. The van der Waals surface area contributed by atoms with Crippen LogP contribution in [0.15, 0.2) is 64.4 Å². The van der Waals surface area contributed by atoms with E-state index in [0.29, 0.717) is 44.6 Å². The molecule has 0 radical (unpaired) electrons. The highest BCUT2D eigenvalue weighted by molar-refractivity contribution is 7.12. The number of aromatic nitrogens is 2. The molecule has 5 aromatic rings. The van der Waals surface area contributed by atoms with Gasteiger partial charge in [0.25, 0.3) is 11.8 Å². The second-order valence-corrected chi connectivity index (χ2v) is 13.7. The van der Waals surface area contributed by atoms with Crippen molar-refractivity contribution >= 4 is 44.7 Å². The Kier molecular flexibility index (Phi) is 8.95. The molecule has 2 amide bonds. The minimum absolute atomic E-state index is 0.326. The molecule has 2 aromatic carbocycles. The molecule has 45 heavy (non-hydrogen) atoms. The van der Waals surface area contributed by atoms with Crippen LogP contribution in [-0.4, -0.2) is 27.8 Å². The van der Waals surface area contributed by atoms with Crippen LogP contribution in [0.5, 0.6) is 0 Å². The van der Waals surface area contributed by atoms with E-state index in [1.165, 1.54) is 37.3 Å². The molecule has 232 valence electrons. The molecule has 0 unspecified atom stereocenters. The lowest BCUT2D eigenvalue weighted by Gasteiger charge is -2.27. The lowest BCUT2D eigenvalue weighted by Crippen LogP contribution is -2.51. The number of carbonyl (C=O) groups is 2. The van der Waals surface area contributed by atoms with Crippen LogP contribution in [0.2, 0.25) is 0 Å². The van der Waals surface area contributed by atoms with Crippen molar-refractivity contribution in [3.8, 4) is 0 Å². The summed E-state index contributed by atoms with van der Waals surface area (Å²) in [6.07, 6.45) is 13.3. The predicted octanol–water partition coefficient (Wildman–Crippen LogP) is 6.70. The number of aryl methyl sites for hydroxylation is 4. The summed E-state index contributed by atoms with van der Waals surface area (Å²) in [5.41, 5.74) is 1.31. The van der Waals surface area contributed by atoms with E-state index in [1.807, 2.05) is 23.7 Å². The van der Waals surface area contributed by atoms with E-state index >= 15 is 0 Å². The van der Waals surface area contributed by atoms with Crippen LogP contribution in [-0.2, 0) is 13.0 Å². The number of pyridine rings is 2. The average molecular weight is 623 g/mol. The molecular weight excluding hydrogens is 582 g/mol. The van der Waals surface area contributed by atoms with Crippen LogP contribution >= 0.6 is 11.3 Å². The zero-order chi connectivity index (χ0) is 31.7. The molecule has 3 aromatic heterocycles. The molecular formula is C37H40N3O4S+. The highest BCUT2D eigenvalue weighted by Gasteiger charge is 2.35. The van der Waals surface area contributed by atoms with Gasteiger partial charge in [-0.1, -0.05) is 43.3 Å². The van der Waals surface area contributed by atoms with Crippen molar-refractivity contribution in [2.45, 2.75) is 85.1 Å². The van der Waals surface area contributed by atoms with Gasteiger partial charge in [-0.25, -0.2) is 9.59 Å². The predicted molar refractivity (Wildman–Crippen MR) is 180 cm³/mol. The van der Waals surface area contributed by atoms with Gasteiger partial charge in [-0.05, 0) is 75.4 Å². The van der Waals surface area contributed by atoms with Crippen molar-refractivity contribution in [3.05, 3.63) is 107 Å². The van der Waals surface area contributed by atoms with Gasteiger partial charge in [0.1, 0.15) is 10.8 Å². The van der Waals surface area contributed by atoms with Gasteiger partial charge < -0.3 is 4.57 Å². The van der Waals surface area contributed by atoms with Crippen molar-refractivity contribution in [3.63, 3.8) is 0 Å². The third-order valence-corrected chi connectivity index (χ3v) is 10.1. The number of imide groups is 1. The maximum Gasteiger partial charge on any atom is 0.429 e. The quantitative estimate of drug-likeness (QED) is 0.0881. The Morgan fingerprint density at radius 2 is 1.29 bits per heavy atom. The maximum atomic E-state index is 13.8. The van der Waals surface area contributed by atoms with Gasteiger partial charge >= 0.3 is 11.1 Å². The third-order valence-electron chi connectivity index (χ3n) is 9.10. The van der Waals surface area contributed by atoms with E-state index < -0.39 is 11.1 Å². The van der Waals surface area contributed by atoms with Gasteiger partial charge in [0, 0.05) is 69.3 Å². The number of thiophene rings is 1. The summed E-state index contributed by atoms with van der Waals surface area (Å²) in [6, 6.07) is 12.4. The highest BCUT2D eigenvalue weighted by atomic mass is 32.1. The highest BCUT2D eigenvalue weighted by Crippen LogP contribution is 2.34. The monoisotopic (exact) mass is 622 g/mol. The van der Waals surface area contributed by atoms with Crippen LogP contribution in [0, 0.1) is 19.2 Å². The van der Waals surface area contributed by atoms with Crippen molar-refractivity contribution in [2.75, 3.05) is 6.54 Å². The summed E-state index contributed by atoms with van der Waals surface area (Å²) in [7, 11) is 0. The van der Waals surface area contributed by atoms with Crippen molar-refractivity contribution in [1.29, 1.82) is 0 Å². The van der Waals surface area contributed by atoms with Gasteiger partial charge in [0.2, 0.25) is 5.36 Å². The molecule has 0 atom stereocenters. The molecule has 0 saturated heterocycles. The number of carbonyl (C=O) groups excluding carboxylic acids is 2.